The quantitative estimate of drug-likeness (QED) is 0.848. The maximum Gasteiger partial charge on any atom is 0.240 e. The smallest absolute Gasteiger partial charge is 0.240 e. The van der Waals surface area contributed by atoms with Crippen molar-refractivity contribution in [1.82, 2.24) is 5.32 Å². The van der Waals surface area contributed by atoms with Gasteiger partial charge < -0.3 is 15.4 Å². The molecular formula is C19H19N3O3S. The molecule has 1 aliphatic rings. The van der Waals surface area contributed by atoms with Crippen LogP contribution in [0.5, 0.6) is 5.75 Å². The van der Waals surface area contributed by atoms with E-state index in [0.717, 1.165) is 17.0 Å². The molecule has 0 saturated carbocycles. The van der Waals surface area contributed by atoms with E-state index < -0.39 is 5.25 Å². The summed E-state index contributed by atoms with van der Waals surface area (Å²) in [6, 6.07) is 14.7. The number of nitrogens with zero attached hydrogens (tertiary/aromatic N) is 1. The van der Waals surface area contributed by atoms with E-state index in [-0.39, 0.29) is 18.2 Å². The average molecular weight is 369 g/mol. The first-order valence-electron chi connectivity index (χ1n) is 8.10. The van der Waals surface area contributed by atoms with Crippen LogP contribution in [0.4, 0.5) is 11.4 Å². The summed E-state index contributed by atoms with van der Waals surface area (Å²) in [5.74, 6) is 0.330. The van der Waals surface area contributed by atoms with Gasteiger partial charge >= 0.3 is 0 Å². The molecule has 6 nitrogen and oxygen atoms in total. The maximum atomic E-state index is 12.2. The average Bonchev–Trinajstić information content (AvgIpc) is 2.96. The lowest BCUT2D eigenvalue weighted by Crippen LogP contribution is -2.28. The molecule has 1 saturated heterocycles. The molecule has 2 aromatic carbocycles. The van der Waals surface area contributed by atoms with E-state index in [0.29, 0.717) is 10.9 Å². The highest BCUT2D eigenvalue weighted by Crippen LogP contribution is 2.26. The standard InChI is InChI=1S/C19H19N3O3S/c1-12-3-5-13(6-4-12)20-17(23)11-16-18(24)22-19(26-16)21-14-7-9-15(25-2)10-8-14/h3-10,16H,11H2,1-2H3,(H,20,23)(H,21,22,24)/t16-/m1/s1. The number of thioether (sulfide) groups is 1. The van der Waals surface area contributed by atoms with Gasteiger partial charge in [-0.3, -0.25) is 9.59 Å². The number of aryl methyl sites for hydroxylation is 1. The molecule has 1 heterocycles. The molecule has 1 aliphatic heterocycles. The summed E-state index contributed by atoms with van der Waals surface area (Å²) in [6.45, 7) is 1.98. The molecule has 1 atom stereocenters. The zero-order chi connectivity index (χ0) is 18.5. The lowest BCUT2D eigenvalue weighted by atomic mass is 10.2. The lowest BCUT2D eigenvalue weighted by Gasteiger charge is -2.07. The van der Waals surface area contributed by atoms with Gasteiger partial charge in [0.25, 0.3) is 0 Å². The van der Waals surface area contributed by atoms with Crippen molar-refractivity contribution < 1.29 is 14.3 Å². The second-order valence-electron chi connectivity index (χ2n) is 5.83. The van der Waals surface area contributed by atoms with E-state index in [1.165, 1.54) is 11.8 Å². The largest absolute Gasteiger partial charge is 0.497 e. The van der Waals surface area contributed by atoms with E-state index in [9.17, 15) is 9.59 Å². The molecule has 3 rings (SSSR count). The second-order valence-corrected chi connectivity index (χ2v) is 7.02. The fourth-order valence-electron chi connectivity index (χ4n) is 2.38. The Hall–Kier alpha value is -2.80. The fourth-order valence-corrected chi connectivity index (χ4v) is 3.37. The number of amidine groups is 1. The number of carbonyl (C=O) groups excluding carboxylic acids is 2. The zero-order valence-electron chi connectivity index (χ0n) is 14.5. The minimum Gasteiger partial charge on any atom is -0.497 e. The molecule has 0 aliphatic carbocycles. The predicted octanol–water partition coefficient (Wildman–Crippen LogP) is 3.25. The monoisotopic (exact) mass is 369 g/mol. The van der Waals surface area contributed by atoms with Crippen LogP contribution in [0, 0.1) is 6.92 Å². The molecule has 2 amide bonds. The topological polar surface area (TPSA) is 79.8 Å². The van der Waals surface area contributed by atoms with Gasteiger partial charge in [-0.2, -0.15) is 0 Å². The molecule has 0 aromatic heterocycles. The van der Waals surface area contributed by atoms with Gasteiger partial charge in [-0.1, -0.05) is 29.5 Å². The highest BCUT2D eigenvalue weighted by atomic mass is 32.2. The first kappa shape index (κ1) is 18.0. The summed E-state index contributed by atoms with van der Waals surface area (Å²) in [5.41, 5.74) is 2.54. The molecule has 2 aromatic rings. The third-order valence-electron chi connectivity index (χ3n) is 3.79. The third kappa shape index (κ3) is 4.64. The Morgan fingerprint density at radius 3 is 2.54 bits per heavy atom. The van der Waals surface area contributed by atoms with Crippen LogP contribution in [-0.2, 0) is 9.59 Å². The molecule has 2 N–H and O–H groups in total. The summed E-state index contributed by atoms with van der Waals surface area (Å²) in [7, 11) is 1.60. The molecule has 0 radical (unpaired) electrons. The van der Waals surface area contributed by atoms with Gasteiger partial charge in [0.1, 0.15) is 11.0 Å². The number of hydrogen-bond donors (Lipinski definition) is 2. The van der Waals surface area contributed by atoms with Crippen molar-refractivity contribution in [3.05, 3.63) is 54.1 Å². The van der Waals surface area contributed by atoms with Gasteiger partial charge in [-0.25, -0.2) is 4.99 Å². The number of carbonyl (C=O) groups is 2. The van der Waals surface area contributed by atoms with Crippen molar-refractivity contribution in [2.75, 3.05) is 12.4 Å². The predicted molar refractivity (Wildman–Crippen MR) is 104 cm³/mol. The van der Waals surface area contributed by atoms with Crippen molar-refractivity contribution in [3.63, 3.8) is 0 Å². The summed E-state index contributed by atoms with van der Waals surface area (Å²) >= 11 is 1.26. The Kier molecular flexibility index (Phi) is 5.58. The number of benzene rings is 2. The number of nitrogens with one attached hydrogen (secondary N) is 2. The van der Waals surface area contributed by atoms with E-state index in [1.807, 2.05) is 31.2 Å². The van der Waals surface area contributed by atoms with Crippen LogP contribution in [0.15, 0.2) is 53.5 Å². The molecule has 0 bridgehead atoms. The van der Waals surface area contributed by atoms with Gasteiger partial charge in [-0.15, -0.1) is 0 Å². The van der Waals surface area contributed by atoms with Crippen LogP contribution in [-0.4, -0.2) is 29.3 Å². The summed E-state index contributed by atoms with van der Waals surface area (Å²) in [6.07, 6.45) is 0.0893. The maximum absolute atomic E-state index is 12.2. The Bertz CT molecular complexity index is 832. The highest BCUT2D eigenvalue weighted by molar-refractivity contribution is 8.15. The van der Waals surface area contributed by atoms with E-state index >= 15 is 0 Å². The SMILES string of the molecule is COc1ccc(N=C2NC(=O)[C@@H](CC(=O)Nc3ccc(C)cc3)S2)cc1. The molecule has 26 heavy (non-hydrogen) atoms. The normalized spacial score (nSPS) is 17.8. The molecule has 0 spiro atoms. The number of aliphatic imine (C=N–C) groups is 1. The van der Waals surface area contributed by atoms with E-state index in [2.05, 4.69) is 15.6 Å². The molecular weight excluding hydrogens is 350 g/mol. The first-order valence-corrected chi connectivity index (χ1v) is 8.98. The Morgan fingerprint density at radius 2 is 1.88 bits per heavy atom. The highest BCUT2D eigenvalue weighted by Gasteiger charge is 2.32. The lowest BCUT2D eigenvalue weighted by molar-refractivity contribution is -0.122. The number of ether oxygens (including phenoxy) is 1. The van der Waals surface area contributed by atoms with Gasteiger partial charge in [0.15, 0.2) is 5.17 Å². The molecule has 1 fully saturated rings. The first-order chi connectivity index (χ1) is 12.5. The summed E-state index contributed by atoms with van der Waals surface area (Å²) in [5, 5.41) is 5.53. The molecule has 134 valence electrons. The van der Waals surface area contributed by atoms with Crippen LogP contribution in [0.25, 0.3) is 0 Å². The van der Waals surface area contributed by atoms with Gasteiger partial charge in [-0.05, 0) is 43.3 Å². The van der Waals surface area contributed by atoms with Gasteiger partial charge in [0.2, 0.25) is 11.8 Å². The Morgan fingerprint density at radius 1 is 1.19 bits per heavy atom. The molecule has 7 heteroatoms. The van der Waals surface area contributed by atoms with Crippen molar-refractivity contribution in [2.24, 2.45) is 4.99 Å². The minimum atomic E-state index is -0.488. The van der Waals surface area contributed by atoms with E-state index in [4.69, 9.17) is 4.74 Å². The van der Waals surface area contributed by atoms with Crippen molar-refractivity contribution in [2.45, 2.75) is 18.6 Å². The van der Waals surface area contributed by atoms with Crippen molar-refractivity contribution in [3.8, 4) is 5.75 Å². The van der Waals surface area contributed by atoms with Gasteiger partial charge in [0, 0.05) is 12.1 Å². The fraction of sp³-hybridized carbons (Fsp3) is 0.211. The van der Waals surface area contributed by atoms with Gasteiger partial charge in [0.05, 0.1) is 12.8 Å². The summed E-state index contributed by atoms with van der Waals surface area (Å²) < 4.78 is 5.10. The van der Waals surface area contributed by atoms with Crippen LogP contribution < -0.4 is 15.4 Å². The second kappa shape index (κ2) is 8.05. The van der Waals surface area contributed by atoms with Crippen LogP contribution in [0.3, 0.4) is 0 Å². The Labute approximate surface area is 156 Å². The van der Waals surface area contributed by atoms with Crippen LogP contribution in [0.1, 0.15) is 12.0 Å². The number of amides is 2. The Balaban J connectivity index is 1.59. The van der Waals surface area contributed by atoms with Crippen LogP contribution >= 0.6 is 11.8 Å². The van der Waals surface area contributed by atoms with Crippen LogP contribution in [0.2, 0.25) is 0 Å². The number of methoxy groups -OCH3 is 1. The summed E-state index contributed by atoms with van der Waals surface area (Å²) in [4.78, 5) is 28.7. The van der Waals surface area contributed by atoms with E-state index in [1.54, 1.807) is 31.4 Å². The number of rotatable bonds is 5. The third-order valence-corrected chi connectivity index (χ3v) is 4.87. The van der Waals surface area contributed by atoms with Crippen molar-refractivity contribution >= 4 is 40.1 Å². The minimum absolute atomic E-state index is 0.0893. The number of hydrogen-bond acceptors (Lipinski definition) is 5. The van der Waals surface area contributed by atoms with Crippen molar-refractivity contribution in [1.29, 1.82) is 0 Å². The zero-order valence-corrected chi connectivity index (χ0v) is 15.3. The number of anilines is 1. The molecule has 0 unspecified atom stereocenters.